The molecule has 268 valence electrons. The molecule has 6 nitrogen and oxygen atoms in total. The third-order valence-electron chi connectivity index (χ3n) is 11.3. The number of fused-ring (bicyclic) bond motifs is 10. The van der Waals surface area contributed by atoms with E-state index < -0.39 is 0 Å². The molecule has 0 amide bonds. The van der Waals surface area contributed by atoms with Gasteiger partial charge in [0.05, 0.1) is 16.4 Å². The second-order valence-corrected chi connectivity index (χ2v) is 14.7. The Morgan fingerprint density at radius 3 is 2.04 bits per heavy atom. The summed E-state index contributed by atoms with van der Waals surface area (Å²) in [6.45, 7) is 0. The molecule has 1 unspecified atom stereocenters. The Bertz CT molecular complexity index is 3440. The van der Waals surface area contributed by atoms with Crippen molar-refractivity contribution in [1.82, 2.24) is 19.5 Å². The molecule has 0 saturated carbocycles. The average molecular weight is 733 g/mol. The standard InChI is InChI=1S/C51H32N4O2/c1-4-13-31(14-5-1)49-52-50(32-15-6-2-7-16-32)54-51(53-49)38-20-12-22-44-46(38)40-30-34(24-27-43(40)57-44)33-23-26-41-39(29-33)36-25-28-45-47(37-19-10-11-21-42(37)56-45)48(36)55(41)35-17-8-3-9-18-35/h1-15,17-30,32H,16H2. The van der Waals surface area contributed by atoms with E-state index >= 15 is 0 Å². The number of rotatable bonds is 5. The number of para-hydroxylation sites is 2. The maximum atomic E-state index is 6.51. The predicted octanol–water partition coefficient (Wildman–Crippen LogP) is 13.4. The molecule has 12 rings (SSSR count). The molecule has 1 aliphatic carbocycles. The van der Waals surface area contributed by atoms with Gasteiger partial charge < -0.3 is 13.4 Å². The Balaban J connectivity index is 1.06. The molecule has 0 fully saturated rings. The molecule has 57 heavy (non-hydrogen) atoms. The van der Waals surface area contributed by atoms with Crippen LogP contribution in [-0.4, -0.2) is 19.5 Å². The first kappa shape index (κ1) is 31.7. The summed E-state index contributed by atoms with van der Waals surface area (Å²) in [5.41, 5.74) is 10.8. The number of nitrogens with zero attached hydrogens (tertiary/aromatic N) is 4. The summed E-state index contributed by atoms with van der Waals surface area (Å²) in [5.74, 6) is 2.12. The van der Waals surface area contributed by atoms with Crippen molar-refractivity contribution in [3.05, 3.63) is 182 Å². The van der Waals surface area contributed by atoms with Crippen molar-refractivity contribution in [2.75, 3.05) is 0 Å². The zero-order chi connectivity index (χ0) is 37.5. The second kappa shape index (κ2) is 12.5. The Hall–Kier alpha value is -7.57. The maximum Gasteiger partial charge on any atom is 0.164 e. The van der Waals surface area contributed by atoms with Gasteiger partial charge in [0.25, 0.3) is 0 Å². The summed E-state index contributed by atoms with van der Waals surface area (Å²) in [6.07, 6.45) is 9.32. The van der Waals surface area contributed by atoms with E-state index in [2.05, 4.69) is 126 Å². The van der Waals surface area contributed by atoms with Crippen molar-refractivity contribution < 1.29 is 8.83 Å². The van der Waals surface area contributed by atoms with Gasteiger partial charge in [0.15, 0.2) is 11.6 Å². The largest absolute Gasteiger partial charge is 0.456 e. The van der Waals surface area contributed by atoms with Crippen LogP contribution in [0.4, 0.5) is 0 Å². The highest BCUT2D eigenvalue weighted by molar-refractivity contribution is 6.25. The van der Waals surface area contributed by atoms with E-state index in [9.17, 15) is 0 Å². The third-order valence-corrected chi connectivity index (χ3v) is 11.3. The minimum absolute atomic E-state index is 0.0668. The minimum Gasteiger partial charge on any atom is -0.456 e. The van der Waals surface area contributed by atoms with Crippen LogP contribution < -0.4 is 0 Å². The van der Waals surface area contributed by atoms with E-state index in [1.165, 1.54) is 10.8 Å². The predicted molar refractivity (Wildman–Crippen MR) is 231 cm³/mol. The molecule has 0 bridgehead atoms. The molecule has 4 heterocycles. The summed E-state index contributed by atoms with van der Waals surface area (Å²) >= 11 is 0. The molecular formula is C51H32N4O2. The van der Waals surface area contributed by atoms with E-state index in [0.29, 0.717) is 11.6 Å². The van der Waals surface area contributed by atoms with Crippen LogP contribution in [0.3, 0.4) is 0 Å². The van der Waals surface area contributed by atoms with E-state index in [-0.39, 0.29) is 5.92 Å². The Morgan fingerprint density at radius 1 is 0.491 bits per heavy atom. The van der Waals surface area contributed by atoms with Crippen molar-refractivity contribution >= 4 is 65.7 Å². The smallest absolute Gasteiger partial charge is 0.164 e. The molecule has 11 aromatic rings. The summed E-state index contributed by atoms with van der Waals surface area (Å²) in [5, 5.41) is 6.58. The van der Waals surface area contributed by atoms with Crippen LogP contribution in [-0.2, 0) is 0 Å². The molecule has 0 spiro atoms. The highest BCUT2D eigenvalue weighted by Crippen LogP contribution is 2.43. The molecule has 4 aromatic heterocycles. The van der Waals surface area contributed by atoms with E-state index in [4.69, 9.17) is 23.8 Å². The van der Waals surface area contributed by atoms with Crippen LogP contribution in [0, 0.1) is 0 Å². The lowest BCUT2D eigenvalue weighted by Crippen LogP contribution is -2.07. The van der Waals surface area contributed by atoms with Crippen molar-refractivity contribution in [1.29, 1.82) is 0 Å². The van der Waals surface area contributed by atoms with Crippen LogP contribution >= 0.6 is 0 Å². The first-order valence-electron chi connectivity index (χ1n) is 19.3. The van der Waals surface area contributed by atoms with Crippen LogP contribution in [0.15, 0.2) is 185 Å². The fourth-order valence-electron chi connectivity index (χ4n) is 8.70. The maximum absolute atomic E-state index is 6.51. The summed E-state index contributed by atoms with van der Waals surface area (Å²) in [7, 11) is 0. The quantitative estimate of drug-likeness (QED) is 0.176. The van der Waals surface area contributed by atoms with Gasteiger partial charge in [-0.1, -0.05) is 115 Å². The number of hydrogen-bond acceptors (Lipinski definition) is 5. The van der Waals surface area contributed by atoms with E-state index in [1.54, 1.807) is 0 Å². The number of aromatic nitrogens is 4. The Labute approximate surface area is 326 Å². The minimum atomic E-state index is 0.0668. The fraction of sp³-hybridized carbons (Fsp3) is 0.0392. The number of furan rings is 2. The third kappa shape index (κ3) is 5.00. The molecule has 1 aliphatic rings. The van der Waals surface area contributed by atoms with Crippen molar-refractivity contribution in [2.45, 2.75) is 12.3 Å². The molecule has 7 aromatic carbocycles. The average Bonchev–Trinajstić information content (AvgIpc) is 3.96. The zero-order valence-electron chi connectivity index (χ0n) is 30.6. The van der Waals surface area contributed by atoms with Crippen molar-refractivity contribution in [2.24, 2.45) is 0 Å². The van der Waals surface area contributed by atoms with Crippen LogP contribution in [0.2, 0.25) is 0 Å². The molecule has 0 radical (unpaired) electrons. The van der Waals surface area contributed by atoms with Gasteiger partial charge in [-0.25, -0.2) is 15.0 Å². The lowest BCUT2D eigenvalue weighted by atomic mass is 9.98. The first-order chi connectivity index (χ1) is 28.2. The van der Waals surface area contributed by atoms with Crippen LogP contribution in [0.5, 0.6) is 0 Å². The van der Waals surface area contributed by atoms with Gasteiger partial charge in [-0.05, 0) is 78.2 Å². The lowest BCUT2D eigenvalue weighted by molar-refractivity contribution is 0.668. The lowest BCUT2D eigenvalue weighted by Gasteiger charge is -2.14. The molecular weight excluding hydrogens is 701 g/mol. The van der Waals surface area contributed by atoms with E-state index in [0.717, 1.165) is 95.1 Å². The first-order valence-corrected chi connectivity index (χ1v) is 19.3. The Morgan fingerprint density at radius 2 is 1.19 bits per heavy atom. The molecule has 1 atom stereocenters. The van der Waals surface area contributed by atoms with Crippen LogP contribution in [0.25, 0.3) is 105 Å². The number of allylic oxidation sites excluding steroid dienone is 4. The zero-order valence-corrected chi connectivity index (χ0v) is 30.6. The Kier molecular flexibility index (Phi) is 6.95. The van der Waals surface area contributed by atoms with E-state index in [1.807, 2.05) is 54.6 Å². The van der Waals surface area contributed by atoms with Gasteiger partial charge in [0.2, 0.25) is 0 Å². The van der Waals surface area contributed by atoms with Crippen LogP contribution in [0.1, 0.15) is 18.2 Å². The highest BCUT2D eigenvalue weighted by atomic mass is 16.3. The molecule has 6 heteroatoms. The van der Waals surface area contributed by atoms with Crippen molar-refractivity contribution in [3.8, 4) is 39.6 Å². The molecule has 0 saturated heterocycles. The van der Waals surface area contributed by atoms with Gasteiger partial charge in [0.1, 0.15) is 28.2 Å². The summed E-state index contributed by atoms with van der Waals surface area (Å²) in [6, 6.07) is 52.8. The van der Waals surface area contributed by atoms with Gasteiger partial charge >= 0.3 is 0 Å². The molecule has 0 N–H and O–H groups in total. The number of benzene rings is 7. The highest BCUT2D eigenvalue weighted by Gasteiger charge is 2.22. The number of hydrogen-bond donors (Lipinski definition) is 0. The topological polar surface area (TPSA) is 69.9 Å². The molecule has 0 aliphatic heterocycles. The van der Waals surface area contributed by atoms with Crippen molar-refractivity contribution in [3.63, 3.8) is 0 Å². The normalized spacial score (nSPS) is 14.3. The summed E-state index contributed by atoms with van der Waals surface area (Å²) in [4.78, 5) is 15.2. The van der Waals surface area contributed by atoms with Gasteiger partial charge in [0, 0.05) is 49.7 Å². The summed E-state index contributed by atoms with van der Waals surface area (Å²) < 4.78 is 15.3. The van der Waals surface area contributed by atoms with Gasteiger partial charge in [-0.2, -0.15) is 0 Å². The second-order valence-electron chi connectivity index (χ2n) is 14.7. The van der Waals surface area contributed by atoms with Gasteiger partial charge in [-0.15, -0.1) is 0 Å². The monoisotopic (exact) mass is 732 g/mol. The SMILES string of the molecule is C1=CCC(c2nc(-c3ccccc3)nc(-c3cccc4oc5ccc(-c6ccc7c(c6)c6ccc8oc9ccccc9c8c6n7-c6ccccc6)cc5c34)n2)C=C1. The fourth-order valence-corrected chi connectivity index (χ4v) is 8.70. The van der Waals surface area contributed by atoms with Gasteiger partial charge in [-0.3, -0.25) is 0 Å².